The zero-order chi connectivity index (χ0) is 12.5. The lowest BCUT2D eigenvalue weighted by atomic mass is 10.4. The number of rotatable bonds is 4. The molecule has 0 spiro atoms. The molecule has 1 N–H and O–H groups in total. The van der Waals surface area contributed by atoms with Gasteiger partial charge in [0.2, 0.25) is 10.0 Å². The number of nitrogens with one attached hydrogen (secondary N) is 1. The SMILES string of the molecule is Cc1n[nH]c(C)c1S(=O)(=O)N(C)C(C)CCl. The van der Waals surface area contributed by atoms with Crippen molar-refractivity contribution in [3.05, 3.63) is 11.4 Å². The summed E-state index contributed by atoms with van der Waals surface area (Å²) >= 11 is 5.66. The van der Waals surface area contributed by atoms with E-state index < -0.39 is 10.0 Å². The van der Waals surface area contributed by atoms with Gasteiger partial charge in [-0.15, -0.1) is 11.6 Å². The second-order valence-electron chi connectivity index (χ2n) is 3.79. The Morgan fingerprint density at radius 3 is 2.44 bits per heavy atom. The van der Waals surface area contributed by atoms with E-state index in [2.05, 4.69) is 10.2 Å². The van der Waals surface area contributed by atoms with E-state index in [4.69, 9.17) is 11.6 Å². The average molecular weight is 266 g/mol. The van der Waals surface area contributed by atoms with Gasteiger partial charge in [-0.2, -0.15) is 9.40 Å². The molecular formula is C9H16ClN3O2S. The summed E-state index contributed by atoms with van der Waals surface area (Å²) in [6.45, 7) is 5.11. The Hall–Kier alpha value is -0.590. The molecule has 0 aromatic carbocycles. The van der Waals surface area contributed by atoms with Crippen molar-refractivity contribution in [2.75, 3.05) is 12.9 Å². The molecule has 0 radical (unpaired) electrons. The minimum Gasteiger partial charge on any atom is -0.281 e. The fraction of sp³-hybridized carbons (Fsp3) is 0.667. The number of aryl methyl sites for hydroxylation is 2. The highest BCUT2D eigenvalue weighted by Crippen LogP contribution is 2.22. The van der Waals surface area contributed by atoms with Crippen molar-refractivity contribution >= 4 is 21.6 Å². The van der Waals surface area contributed by atoms with E-state index in [1.807, 2.05) is 0 Å². The maximum Gasteiger partial charge on any atom is 0.246 e. The standard InChI is InChI=1S/C9H16ClN3O2S/c1-6(5-10)13(4)16(14,15)9-7(2)11-12-8(9)3/h6H,5H2,1-4H3,(H,11,12). The van der Waals surface area contributed by atoms with Crippen LogP contribution >= 0.6 is 11.6 Å². The molecular weight excluding hydrogens is 250 g/mol. The summed E-state index contributed by atoms with van der Waals surface area (Å²) in [4.78, 5) is 0.243. The Labute approximate surface area is 101 Å². The minimum atomic E-state index is -3.51. The van der Waals surface area contributed by atoms with Gasteiger partial charge < -0.3 is 0 Å². The van der Waals surface area contributed by atoms with Gasteiger partial charge in [-0.1, -0.05) is 0 Å². The fourth-order valence-corrected chi connectivity index (χ4v) is 3.38. The first kappa shape index (κ1) is 13.5. The van der Waals surface area contributed by atoms with Crippen molar-refractivity contribution in [1.82, 2.24) is 14.5 Å². The summed E-state index contributed by atoms with van der Waals surface area (Å²) in [6.07, 6.45) is 0. The lowest BCUT2D eigenvalue weighted by molar-refractivity contribution is 0.413. The molecule has 16 heavy (non-hydrogen) atoms. The van der Waals surface area contributed by atoms with E-state index in [0.717, 1.165) is 0 Å². The quantitative estimate of drug-likeness (QED) is 0.834. The van der Waals surface area contributed by atoms with E-state index in [9.17, 15) is 8.42 Å². The molecule has 1 aromatic heterocycles. The first-order chi connectivity index (χ1) is 7.32. The number of aromatic nitrogens is 2. The highest BCUT2D eigenvalue weighted by atomic mass is 35.5. The smallest absolute Gasteiger partial charge is 0.246 e. The number of sulfonamides is 1. The van der Waals surface area contributed by atoms with Crippen LogP contribution in [0.2, 0.25) is 0 Å². The van der Waals surface area contributed by atoms with Gasteiger partial charge in [0, 0.05) is 19.0 Å². The van der Waals surface area contributed by atoms with Crippen LogP contribution in [-0.4, -0.2) is 41.9 Å². The average Bonchev–Trinajstić information content (AvgIpc) is 2.56. The molecule has 0 bridgehead atoms. The summed E-state index contributed by atoms with van der Waals surface area (Å²) < 4.78 is 25.8. The maximum atomic E-state index is 12.2. The first-order valence-corrected chi connectivity index (χ1v) is 6.85. The van der Waals surface area contributed by atoms with Crippen molar-refractivity contribution in [3.63, 3.8) is 0 Å². The minimum absolute atomic E-state index is 0.243. The number of H-pyrrole nitrogens is 1. The van der Waals surface area contributed by atoms with Gasteiger partial charge in [-0.25, -0.2) is 8.42 Å². The Bertz CT molecular complexity index is 450. The molecule has 1 unspecified atom stereocenters. The fourth-order valence-electron chi connectivity index (χ4n) is 1.40. The Morgan fingerprint density at radius 2 is 2.06 bits per heavy atom. The lowest BCUT2D eigenvalue weighted by Crippen LogP contribution is -2.36. The second kappa shape index (κ2) is 4.73. The van der Waals surface area contributed by atoms with Crippen LogP contribution in [0, 0.1) is 13.8 Å². The molecule has 1 aromatic rings. The van der Waals surface area contributed by atoms with E-state index in [1.54, 1.807) is 20.8 Å². The van der Waals surface area contributed by atoms with Crippen molar-refractivity contribution in [2.24, 2.45) is 0 Å². The molecule has 0 aliphatic carbocycles. The third kappa shape index (κ3) is 2.23. The van der Waals surface area contributed by atoms with E-state index in [-0.39, 0.29) is 16.8 Å². The lowest BCUT2D eigenvalue weighted by Gasteiger charge is -2.22. The van der Waals surface area contributed by atoms with Gasteiger partial charge in [0.05, 0.1) is 11.4 Å². The van der Waals surface area contributed by atoms with Gasteiger partial charge in [0.25, 0.3) is 0 Å². The predicted molar refractivity (Wildman–Crippen MR) is 63.2 cm³/mol. The number of halogens is 1. The zero-order valence-corrected chi connectivity index (χ0v) is 11.4. The van der Waals surface area contributed by atoms with E-state index >= 15 is 0 Å². The second-order valence-corrected chi connectivity index (χ2v) is 6.03. The normalized spacial score (nSPS) is 14.4. The largest absolute Gasteiger partial charge is 0.281 e. The molecule has 5 nitrogen and oxygen atoms in total. The molecule has 0 saturated heterocycles. The molecule has 0 fully saturated rings. The van der Waals surface area contributed by atoms with Crippen LogP contribution in [0.5, 0.6) is 0 Å². The van der Waals surface area contributed by atoms with Crippen LogP contribution in [0.3, 0.4) is 0 Å². The number of hydrogen-bond donors (Lipinski definition) is 1. The molecule has 7 heteroatoms. The summed E-state index contributed by atoms with van der Waals surface area (Å²) in [7, 11) is -1.99. The van der Waals surface area contributed by atoms with Crippen molar-refractivity contribution in [3.8, 4) is 0 Å². The predicted octanol–water partition coefficient (Wildman–Crippen LogP) is 1.27. The van der Waals surface area contributed by atoms with Crippen LogP contribution < -0.4 is 0 Å². The van der Waals surface area contributed by atoms with Gasteiger partial charge in [0.1, 0.15) is 4.90 Å². The number of nitrogens with zero attached hydrogens (tertiary/aromatic N) is 2. The molecule has 0 saturated carbocycles. The number of aromatic amines is 1. The number of alkyl halides is 1. The zero-order valence-electron chi connectivity index (χ0n) is 9.78. The van der Waals surface area contributed by atoms with Crippen molar-refractivity contribution < 1.29 is 8.42 Å². The molecule has 1 heterocycles. The van der Waals surface area contributed by atoms with Crippen LogP contribution in [-0.2, 0) is 10.0 Å². The molecule has 0 aliphatic rings. The molecule has 0 amide bonds. The summed E-state index contributed by atoms with van der Waals surface area (Å²) in [5.74, 6) is 0.256. The Kier molecular flexibility index (Phi) is 3.98. The first-order valence-electron chi connectivity index (χ1n) is 4.88. The monoisotopic (exact) mass is 265 g/mol. The van der Waals surface area contributed by atoms with Crippen molar-refractivity contribution in [2.45, 2.75) is 31.7 Å². The van der Waals surface area contributed by atoms with Crippen LogP contribution in [0.1, 0.15) is 18.3 Å². The van der Waals surface area contributed by atoms with Crippen LogP contribution in [0.4, 0.5) is 0 Å². The van der Waals surface area contributed by atoms with Gasteiger partial charge in [-0.05, 0) is 20.8 Å². The van der Waals surface area contributed by atoms with Gasteiger partial charge in [0.15, 0.2) is 0 Å². The number of hydrogen-bond acceptors (Lipinski definition) is 3. The van der Waals surface area contributed by atoms with Gasteiger partial charge in [-0.3, -0.25) is 5.10 Å². The maximum absolute atomic E-state index is 12.2. The highest BCUT2D eigenvalue weighted by molar-refractivity contribution is 7.89. The Balaban J connectivity index is 3.22. The van der Waals surface area contributed by atoms with Gasteiger partial charge >= 0.3 is 0 Å². The molecule has 1 atom stereocenters. The Morgan fingerprint density at radius 1 is 1.50 bits per heavy atom. The molecule has 1 rings (SSSR count). The van der Waals surface area contributed by atoms with E-state index in [1.165, 1.54) is 11.4 Å². The summed E-state index contributed by atoms with van der Waals surface area (Å²) in [5.41, 5.74) is 1.03. The third-order valence-corrected chi connectivity index (χ3v) is 5.22. The highest BCUT2D eigenvalue weighted by Gasteiger charge is 2.29. The van der Waals surface area contributed by atoms with E-state index in [0.29, 0.717) is 11.4 Å². The third-order valence-electron chi connectivity index (χ3n) is 2.54. The summed E-state index contributed by atoms with van der Waals surface area (Å²) in [6, 6.07) is -0.250. The topological polar surface area (TPSA) is 66.1 Å². The van der Waals surface area contributed by atoms with Crippen LogP contribution in [0.15, 0.2) is 4.90 Å². The summed E-state index contributed by atoms with van der Waals surface area (Å²) in [5, 5.41) is 6.55. The molecule has 92 valence electrons. The van der Waals surface area contributed by atoms with Crippen LogP contribution in [0.25, 0.3) is 0 Å². The van der Waals surface area contributed by atoms with Crippen molar-refractivity contribution in [1.29, 1.82) is 0 Å². The molecule has 0 aliphatic heterocycles.